The van der Waals surface area contributed by atoms with Crippen LogP contribution in [0.3, 0.4) is 0 Å². The zero-order valence-electron chi connectivity index (χ0n) is 17.8. The Morgan fingerprint density at radius 3 is 2.64 bits per heavy atom. The molecular formula is C22H25F3N5O2S-. The summed E-state index contributed by atoms with van der Waals surface area (Å²) < 4.78 is 40.9. The van der Waals surface area contributed by atoms with E-state index in [1.807, 2.05) is 18.2 Å². The number of nitrogens with two attached hydrogens (primary N) is 1. The van der Waals surface area contributed by atoms with E-state index >= 15 is 0 Å². The summed E-state index contributed by atoms with van der Waals surface area (Å²) in [4.78, 5) is 14.0. The minimum Gasteiger partial charge on any atom is -0.530 e. The van der Waals surface area contributed by atoms with Crippen LogP contribution in [0.25, 0.3) is 0 Å². The number of hydrogen-bond donors (Lipinski definition) is 4. The molecule has 0 atom stereocenters. The summed E-state index contributed by atoms with van der Waals surface area (Å²) in [6, 6.07) is 8.06. The van der Waals surface area contributed by atoms with Gasteiger partial charge in [0.25, 0.3) is 0 Å². The van der Waals surface area contributed by atoms with Crippen molar-refractivity contribution < 1.29 is 23.1 Å². The zero-order valence-corrected chi connectivity index (χ0v) is 18.6. The Bertz CT molecular complexity index is 1030. The average Bonchev–Trinajstić information content (AvgIpc) is 2.77. The molecule has 1 fully saturated rings. The second kappa shape index (κ2) is 9.70. The highest BCUT2D eigenvalue weighted by atomic mass is 32.2. The topological polar surface area (TPSA) is 105 Å². The van der Waals surface area contributed by atoms with Crippen molar-refractivity contribution in [2.24, 2.45) is 5.73 Å². The van der Waals surface area contributed by atoms with Gasteiger partial charge in [-0.1, -0.05) is 17.8 Å². The van der Waals surface area contributed by atoms with Crippen molar-refractivity contribution in [1.82, 2.24) is 10.2 Å². The van der Waals surface area contributed by atoms with Crippen LogP contribution in [0, 0.1) is 0 Å². The van der Waals surface area contributed by atoms with Crippen molar-refractivity contribution in [3.63, 3.8) is 0 Å². The summed E-state index contributed by atoms with van der Waals surface area (Å²) in [5.74, 6) is 0. The molecule has 1 saturated heterocycles. The van der Waals surface area contributed by atoms with Gasteiger partial charge in [-0.2, -0.15) is 13.2 Å². The molecule has 0 bridgehead atoms. The van der Waals surface area contributed by atoms with Crippen LogP contribution < -0.4 is 26.8 Å². The molecule has 0 saturated carbocycles. The van der Waals surface area contributed by atoms with Gasteiger partial charge in [0.2, 0.25) is 0 Å². The normalized spacial score (nSPS) is 16.5. The van der Waals surface area contributed by atoms with Gasteiger partial charge in [-0.25, -0.2) is 0 Å². The van der Waals surface area contributed by atoms with Gasteiger partial charge in [0.05, 0.1) is 22.6 Å². The maximum Gasteiger partial charge on any atom is 0.416 e. The molecule has 2 aromatic rings. The molecule has 2 aliphatic rings. The lowest BCUT2D eigenvalue weighted by molar-refractivity contribution is -0.250. The summed E-state index contributed by atoms with van der Waals surface area (Å²) in [5.41, 5.74) is 7.84. The van der Waals surface area contributed by atoms with Crippen molar-refractivity contribution in [2.75, 3.05) is 36.8 Å². The third-order valence-corrected chi connectivity index (χ3v) is 6.93. The molecule has 11 heteroatoms. The third-order valence-electron chi connectivity index (χ3n) is 5.84. The molecule has 178 valence electrons. The number of carbonyl (C=O) groups excluding carboxylic acids is 1. The highest BCUT2D eigenvalue weighted by molar-refractivity contribution is 7.99. The number of carbonyl (C=O) groups is 1. The molecule has 0 radical (unpaired) electrons. The predicted octanol–water partition coefficient (Wildman–Crippen LogP) is 3.18. The number of halogens is 3. The number of likely N-dealkylation sites (tertiary alicyclic amines) is 1. The van der Waals surface area contributed by atoms with Crippen molar-refractivity contribution in [3.05, 3.63) is 41.5 Å². The highest BCUT2D eigenvalue weighted by Crippen LogP contribution is 2.50. The summed E-state index contributed by atoms with van der Waals surface area (Å²) >= 11 is 1.30. The first-order valence-corrected chi connectivity index (χ1v) is 11.5. The second-order valence-corrected chi connectivity index (χ2v) is 9.21. The van der Waals surface area contributed by atoms with Gasteiger partial charge < -0.3 is 36.5 Å². The second-order valence-electron chi connectivity index (χ2n) is 8.13. The smallest absolute Gasteiger partial charge is 0.416 e. The van der Waals surface area contributed by atoms with Gasteiger partial charge in [0.15, 0.2) is 0 Å². The molecule has 2 aliphatic heterocycles. The SMILES string of the molecule is NCc1ccc2c(c1)Sc1cc(C(F)(F)F)cc(NC3CCN(CCNC(=O)[O-])CC3)c1N2. The van der Waals surface area contributed by atoms with E-state index in [-0.39, 0.29) is 12.6 Å². The number of rotatable bonds is 6. The monoisotopic (exact) mass is 480 g/mol. The number of anilines is 3. The fraction of sp³-hybridized carbons (Fsp3) is 0.409. The molecule has 7 nitrogen and oxygen atoms in total. The largest absolute Gasteiger partial charge is 0.530 e. The van der Waals surface area contributed by atoms with Crippen LogP contribution >= 0.6 is 11.8 Å². The minimum absolute atomic E-state index is 0.00995. The molecule has 2 heterocycles. The van der Waals surface area contributed by atoms with Crippen LogP contribution in [0.1, 0.15) is 24.0 Å². The van der Waals surface area contributed by atoms with Crippen LogP contribution in [0.2, 0.25) is 0 Å². The number of nitrogens with zero attached hydrogens (tertiary/aromatic N) is 1. The van der Waals surface area contributed by atoms with Crippen LogP contribution in [-0.4, -0.2) is 43.2 Å². The Morgan fingerprint density at radius 1 is 1.21 bits per heavy atom. The van der Waals surface area contributed by atoms with Gasteiger partial charge in [-0.3, -0.25) is 0 Å². The maximum absolute atomic E-state index is 13.6. The van der Waals surface area contributed by atoms with Crippen molar-refractivity contribution >= 4 is 34.9 Å². The van der Waals surface area contributed by atoms with Gasteiger partial charge in [-0.15, -0.1) is 0 Å². The molecular weight excluding hydrogens is 455 g/mol. The van der Waals surface area contributed by atoms with Crippen LogP contribution in [0.4, 0.5) is 35.0 Å². The average molecular weight is 481 g/mol. The van der Waals surface area contributed by atoms with E-state index in [0.717, 1.165) is 42.1 Å². The Balaban J connectivity index is 1.51. The fourth-order valence-electron chi connectivity index (χ4n) is 4.07. The molecule has 0 aliphatic carbocycles. The number of carboxylic acid groups (broad SMARTS) is 1. The molecule has 0 aromatic heterocycles. The van der Waals surface area contributed by atoms with E-state index < -0.39 is 17.8 Å². The number of alkyl halides is 3. The lowest BCUT2D eigenvalue weighted by Gasteiger charge is -2.34. The first-order chi connectivity index (χ1) is 15.7. The maximum atomic E-state index is 13.6. The molecule has 0 spiro atoms. The first kappa shape index (κ1) is 23.5. The Morgan fingerprint density at radius 2 is 1.97 bits per heavy atom. The number of piperidine rings is 1. The number of nitrogens with one attached hydrogen (secondary N) is 3. The Hall–Kier alpha value is -2.63. The summed E-state index contributed by atoms with van der Waals surface area (Å²) in [6.45, 7) is 2.66. The summed E-state index contributed by atoms with van der Waals surface area (Å²) in [6.07, 6.45) is -4.28. The van der Waals surface area contributed by atoms with Crippen molar-refractivity contribution in [2.45, 2.75) is 41.4 Å². The lowest BCUT2D eigenvalue weighted by atomic mass is 10.0. The van der Waals surface area contributed by atoms with Crippen LogP contribution in [-0.2, 0) is 12.7 Å². The molecule has 33 heavy (non-hydrogen) atoms. The molecule has 1 amide bonds. The van der Waals surface area contributed by atoms with E-state index in [4.69, 9.17) is 5.73 Å². The van der Waals surface area contributed by atoms with Gasteiger partial charge in [-0.05, 0) is 42.7 Å². The van der Waals surface area contributed by atoms with Gasteiger partial charge in [0.1, 0.15) is 6.09 Å². The fourth-order valence-corrected chi connectivity index (χ4v) is 5.20. The van der Waals surface area contributed by atoms with Crippen LogP contribution in [0.5, 0.6) is 0 Å². The molecule has 0 unspecified atom stereocenters. The molecule has 2 aromatic carbocycles. The Kier molecular flexibility index (Phi) is 6.91. The van der Waals surface area contributed by atoms with Gasteiger partial charge in [0, 0.05) is 48.6 Å². The zero-order chi connectivity index (χ0) is 23.6. The minimum atomic E-state index is -4.46. The number of benzene rings is 2. The van der Waals surface area contributed by atoms with E-state index in [1.165, 1.54) is 23.9 Å². The van der Waals surface area contributed by atoms with Crippen molar-refractivity contribution in [3.8, 4) is 0 Å². The van der Waals surface area contributed by atoms with Crippen LogP contribution in [0.15, 0.2) is 40.1 Å². The predicted molar refractivity (Wildman–Crippen MR) is 120 cm³/mol. The molecule has 5 N–H and O–H groups in total. The molecule has 4 rings (SSSR count). The quantitative estimate of drug-likeness (QED) is 0.430. The lowest BCUT2D eigenvalue weighted by Crippen LogP contribution is -2.45. The van der Waals surface area contributed by atoms with Gasteiger partial charge >= 0.3 is 6.18 Å². The van der Waals surface area contributed by atoms with E-state index in [9.17, 15) is 23.1 Å². The number of fused-ring (bicyclic) bond motifs is 2. The number of hydrogen-bond acceptors (Lipinski definition) is 7. The van der Waals surface area contributed by atoms with Crippen molar-refractivity contribution in [1.29, 1.82) is 0 Å². The summed E-state index contributed by atoms with van der Waals surface area (Å²) in [5, 5.41) is 19.3. The standard InChI is InChI=1S/C22H26F3N5O2S/c23-22(24,25)14-10-17(28-15-3-6-30(7-4-15)8-5-27-21(31)32)20-19(11-14)33-18-9-13(12-26)1-2-16(18)29-20/h1-2,9-11,15,27-29H,3-8,12,26H2,(H,31,32)/p-1. The summed E-state index contributed by atoms with van der Waals surface area (Å²) in [7, 11) is 0. The first-order valence-electron chi connectivity index (χ1n) is 10.7. The van der Waals surface area contributed by atoms with E-state index in [1.54, 1.807) is 0 Å². The third kappa shape index (κ3) is 5.66. The Labute approximate surface area is 193 Å². The number of amides is 1. The van der Waals surface area contributed by atoms with E-state index in [0.29, 0.717) is 29.4 Å². The highest BCUT2D eigenvalue weighted by Gasteiger charge is 2.34. The van der Waals surface area contributed by atoms with E-state index in [2.05, 4.69) is 20.9 Å².